The Kier molecular flexibility index (Phi) is 14.1. The van der Waals surface area contributed by atoms with Crippen LogP contribution in [0.25, 0.3) is 0 Å². The molecule has 0 amide bonds. The van der Waals surface area contributed by atoms with Gasteiger partial charge in [0.15, 0.2) is 0 Å². The lowest BCUT2D eigenvalue weighted by molar-refractivity contribution is -0.137. The first-order chi connectivity index (χ1) is 11.0. The smallest absolute Gasteiger partial charge is 0.303 e. The van der Waals surface area contributed by atoms with E-state index in [4.69, 9.17) is 5.11 Å². The van der Waals surface area contributed by atoms with Crippen LogP contribution in [0.1, 0.15) is 97.3 Å². The third-order valence-corrected chi connectivity index (χ3v) is 4.48. The van der Waals surface area contributed by atoms with Gasteiger partial charge in [0.2, 0.25) is 0 Å². The second-order valence-electron chi connectivity index (χ2n) is 6.73. The lowest BCUT2D eigenvalue weighted by atomic mass is 9.91. The number of ketones is 1. The highest BCUT2D eigenvalue weighted by atomic mass is 16.4. The van der Waals surface area contributed by atoms with E-state index in [1.807, 2.05) is 0 Å². The Hall–Kier alpha value is -0.900. The maximum absolute atomic E-state index is 11.7. The van der Waals surface area contributed by atoms with Crippen molar-refractivity contribution in [1.82, 2.24) is 0 Å². The summed E-state index contributed by atoms with van der Waals surface area (Å²) in [6, 6.07) is 0. The maximum Gasteiger partial charge on any atom is 0.303 e. The molecular formula is C19H36O4. The highest BCUT2D eigenvalue weighted by Crippen LogP contribution is 2.20. The van der Waals surface area contributed by atoms with Crippen LogP contribution in [0.3, 0.4) is 0 Å². The molecule has 0 rings (SSSR count). The number of aliphatic carboxylic acids is 1. The Bertz CT molecular complexity index is 314. The predicted octanol–water partition coefficient (Wildman–Crippen LogP) is 4.73. The van der Waals surface area contributed by atoms with E-state index in [-0.39, 0.29) is 24.2 Å². The van der Waals surface area contributed by atoms with Crippen molar-refractivity contribution in [2.75, 3.05) is 0 Å². The van der Waals surface area contributed by atoms with E-state index in [0.717, 1.165) is 77.0 Å². The lowest BCUT2D eigenvalue weighted by Gasteiger charge is -2.14. The summed E-state index contributed by atoms with van der Waals surface area (Å²) in [4.78, 5) is 22.1. The zero-order valence-corrected chi connectivity index (χ0v) is 15.1. The fraction of sp³-hybridized carbons (Fsp3) is 0.895. The van der Waals surface area contributed by atoms with E-state index >= 15 is 0 Å². The number of rotatable bonds is 16. The minimum atomic E-state index is -0.726. The SMILES string of the molecule is CCCC(O)CCCCCC(CCCCCCC(=O)O)C(C)=O. The second-order valence-corrected chi connectivity index (χ2v) is 6.73. The van der Waals surface area contributed by atoms with Crippen molar-refractivity contribution in [1.29, 1.82) is 0 Å². The zero-order chi connectivity index (χ0) is 17.5. The molecule has 0 aliphatic carbocycles. The topological polar surface area (TPSA) is 74.6 Å². The number of carboxylic acids is 1. The van der Waals surface area contributed by atoms with E-state index < -0.39 is 5.97 Å². The van der Waals surface area contributed by atoms with E-state index in [0.29, 0.717) is 0 Å². The molecule has 2 unspecified atom stereocenters. The first kappa shape index (κ1) is 22.1. The molecule has 2 atom stereocenters. The number of unbranched alkanes of at least 4 members (excludes halogenated alkanes) is 5. The summed E-state index contributed by atoms with van der Waals surface area (Å²) >= 11 is 0. The van der Waals surface area contributed by atoms with Gasteiger partial charge in [-0.25, -0.2) is 0 Å². The van der Waals surface area contributed by atoms with Crippen LogP contribution in [0.2, 0.25) is 0 Å². The summed E-state index contributed by atoms with van der Waals surface area (Å²) in [5.41, 5.74) is 0. The highest BCUT2D eigenvalue weighted by molar-refractivity contribution is 5.78. The van der Waals surface area contributed by atoms with Gasteiger partial charge in [-0.1, -0.05) is 51.9 Å². The molecule has 2 N–H and O–H groups in total. The van der Waals surface area contributed by atoms with E-state index in [1.165, 1.54) is 0 Å². The van der Waals surface area contributed by atoms with Gasteiger partial charge < -0.3 is 10.2 Å². The minimum absolute atomic E-state index is 0.158. The van der Waals surface area contributed by atoms with Crippen molar-refractivity contribution in [2.45, 2.75) is 103 Å². The van der Waals surface area contributed by atoms with E-state index in [1.54, 1.807) is 6.92 Å². The fourth-order valence-corrected chi connectivity index (χ4v) is 3.00. The lowest BCUT2D eigenvalue weighted by Crippen LogP contribution is -2.11. The molecule has 4 heteroatoms. The molecule has 0 spiro atoms. The average molecular weight is 328 g/mol. The molecule has 0 aromatic carbocycles. The van der Waals surface area contributed by atoms with Gasteiger partial charge in [-0.05, 0) is 39.0 Å². The second kappa shape index (κ2) is 14.7. The minimum Gasteiger partial charge on any atom is -0.481 e. The van der Waals surface area contributed by atoms with Crippen molar-refractivity contribution in [3.05, 3.63) is 0 Å². The Morgan fingerprint density at radius 1 is 0.826 bits per heavy atom. The molecule has 0 saturated heterocycles. The molecule has 0 bridgehead atoms. The van der Waals surface area contributed by atoms with Gasteiger partial charge in [0.05, 0.1) is 6.10 Å². The van der Waals surface area contributed by atoms with Crippen LogP contribution in [-0.2, 0) is 9.59 Å². The molecule has 0 aromatic rings. The summed E-state index contributed by atoms with van der Waals surface area (Å²) in [7, 11) is 0. The Labute approximate surface area is 141 Å². The molecule has 0 aliphatic heterocycles. The van der Waals surface area contributed by atoms with Crippen LogP contribution >= 0.6 is 0 Å². The molecule has 0 aromatic heterocycles. The maximum atomic E-state index is 11.7. The molecule has 0 saturated carbocycles. The summed E-state index contributed by atoms with van der Waals surface area (Å²) in [5, 5.41) is 18.3. The van der Waals surface area contributed by atoms with Crippen LogP contribution in [0.15, 0.2) is 0 Å². The number of aliphatic hydroxyl groups is 1. The number of hydrogen-bond acceptors (Lipinski definition) is 3. The van der Waals surface area contributed by atoms with Gasteiger partial charge in [-0.3, -0.25) is 9.59 Å². The van der Waals surface area contributed by atoms with Gasteiger partial charge in [-0.2, -0.15) is 0 Å². The number of carbonyl (C=O) groups is 2. The third-order valence-electron chi connectivity index (χ3n) is 4.48. The highest BCUT2D eigenvalue weighted by Gasteiger charge is 2.13. The average Bonchev–Trinajstić information content (AvgIpc) is 2.47. The molecule has 136 valence electrons. The predicted molar refractivity (Wildman–Crippen MR) is 93.5 cm³/mol. The van der Waals surface area contributed by atoms with Crippen molar-refractivity contribution in [3.63, 3.8) is 0 Å². The monoisotopic (exact) mass is 328 g/mol. The standard InChI is InChI=1S/C19H36O4/c1-3-11-18(21)14-9-6-8-13-17(16(2)20)12-7-4-5-10-15-19(22)23/h17-18,21H,3-15H2,1-2H3,(H,22,23). The Balaban J connectivity index is 3.66. The van der Waals surface area contributed by atoms with Crippen molar-refractivity contribution >= 4 is 11.8 Å². The molecule has 0 fully saturated rings. The molecule has 0 radical (unpaired) electrons. The van der Waals surface area contributed by atoms with Crippen LogP contribution in [0.5, 0.6) is 0 Å². The largest absolute Gasteiger partial charge is 0.481 e. The third kappa shape index (κ3) is 14.4. The van der Waals surface area contributed by atoms with Gasteiger partial charge in [0.1, 0.15) is 5.78 Å². The molecule has 0 heterocycles. The normalized spacial score (nSPS) is 13.7. The van der Waals surface area contributed by atoms with Crippen molar-refractivity contribution in [2.24, 2.45) is 5.92 Å². The van der Waals surface area contributed by atoms with Crippen LogP contribution in [0.4, 0.5) is 0 Å². The molecule has 0 aliphatic rings. The molecule has 4 nitrogen and oxygen atoms in total. The van der Waals surface area contributed by atoms with E-state index in [2.05, 4.69) is 6.92 Å². The Morgan fingerprint density at radius 2 is 1.35 bits per heavy atom. The molecular weight excluding hydrogens is 292 g/mol. The summed E-state index contributed by atoms with van der Waals surface area (Å²) in [5.74, 6) is -0.285. The van der Waals surface area contributed by atoms with Crippen LogP contribution in [-0.4, -0.2) is 28.1 Å². The number of hydrogen-bond donors (Lipinski definition) is 2. The van der Waals surface area contributed by atoms with Crippen molar-refractivity contribution in [3.8, 4) is 0 Å². The summed E-state index contributed by atoms with van der Waals surface area (Å²) in [6.07, 6.45) is 11.7. The van der Waals surface area contributed by atoms with E-state index in [9.17, 15) is 14.7 Å². The first-order valence-electron chi connectivity index (χ1n) is 9.37. The summed E-state index contributed by atoms with van der Waals surface area (Å²) < 4.78 is 0. The van der Waals surface area contributed by atoms with Gasteiger partial charge in [0.25, 0.3) is 0 Å². The first-order valence-corrected chi connectivity index (χ1v) is 9.37. The zero-order valence-electron chi connectivity index (χ0n) is 15.1. The fourth-order valence-electron chi connectivity index (χ4n) is 3.00. The Morgan fingerprint density at radius 3 is 1.87 bits per heavy atom. The number of carboxylic acid groups (broad SMARTS) is 1. The van der Waals surface area contributed by atoms with Crippen molar-refractivity contribution < 1.29 is 19.8 Å². The van der Waals surface area contributed by atoms with Crippen LogP contribution < -0.4 is 0 Å². The molecule has 23 heavy (non-hydrogen) atoms. The van der Waals surface area contributed by atoms with Gasteiger partial charge >= 0.3 is 5.97 Å². The number of aliphatic hydroxyl groups excluding tert-OH is 1. The van der Waals surface area contributed by atoms with Gasteiger partial charge in [-0.15, -0.1) is 0 Å². The van der Waals surface area contributed by atoms with Gasteiger partial charge in [0, 0.05) is 12.3 Å². The quantitative estimate of drug-likeness (QED) is 0.402. The number of Topliss-reactive ketones (excluding diaryl/α,β-unsaturated/α-hetero) is 1. The summed E-state index contributed by atoms with van der Waals surface area (Å²) in [6.45, 7) is 3.77. The van der Waals surface area contributed by atoms with Crippen LogP contribution in [0, 0.1) is 5.92 Å². The number of carbonyl (C=O) groups excluding carboxylic acids is 1.